The van der Waals surface area contributed by atoms with E-state index in [4.69, 9.17) is 4.74 Å². The molecule has 14 heavy (non-hydrogen) atoms. The van der Waals surface area contributed by atoms with Crippen LogP contribution in [0.5, 0.6) is 5.75 Å². The van der Waals surface area contributed by atoms with Gasteiger partial charge >= 0.3 is 0 Å². The van der Waals surface area contributed by atoms with Crippen LogP contribution in [0.3, 0.4) is 0 Å². The largest absolute Gasteiger partial charge is 0.482 e. The van der Waals surface area contributed by atoms with Gasteiger partial charge in [0.2, 0.25) is 0 Å². The summed E-state index contributed by atoms with van der Waals surface area (Å²) in [7, 11) is 0. The Kier molecular flexibility index (Phi) is 2.28. The highest BCUT2D eigenvalue weighted by molar-refractivity contribution is 5.81. The van der Waals surface area contributed by atoms with Crippen molar-refractivity contribution >= 4 is 5.78 Å². The SMILES string of the molecule is CC(=O)C1CCc2cc(C)ccc2O1. The zero-order valence-corrected chi connectivity index (χ0v) is 8.54. The van der Waals surface area contributed by atoms with Crippen molar-refractivity contribution in [3.8, 4) is 5.75 Å². The Morgan fingerprint density at radius 3 is 3.00 bits per heavy atom. The smallest absolute Gasteiger partial charge is 0.170 e. The first-order valence-electron chi connectivity index (χ1n) is 4.93. The fourth-order valence-electron chi connectivity index (χ4n) is 1.80. The van der Waals surface area contributed by atoms with Crippen molar-refractivity contribution in [3.05, 3.63) is 29.3 Å². The lowest BCUT2D eigenvalue weighted by molar-refractivity contribution is -0.124. The minimum atomic E-state index is -0.231. The predicted molar refractivity (Wildman–Crippen MR) is 54.6 cm³/mol. The van der Waals surface area contributed by atoms with Gasteiger partial charge < -0.3 is 4.74 Å². The summed E-state index contributed by atoms with van der Waals surface area (Å²) in [5.41, 5.74) is 2.47. The molecule has 0 amide bonds. The number of ketones is 1. The second-order valence-corrected chi connectivity index (χ2v) is 3.87. The highest BCUT2D eigenvalue weighted by Crippen LogP contribution is 2.28. The molecule has 1 atom stereocenters. The number of hydrogen-bond donors (Lipinski definition) is 0. The van der Waals surface area contributed by atoms with E-state index in [0.717, 1.165) is 18.6 Å². The van der Waals surface area contributed by atoms with Crippen LogP contribution in [0.2, 0.25) is 0 Å². The predicted octanol–water partition coefficient (Wildman–Crippen LogP) is 2.28. The highest BCUT2D eigenvalue weighted by Gasteiger charge is 2.22. The van der Waals surface area contributed by atoms with Gasteiger partial charge in [0.15, 0.2) is 11.9 Å². The maximum absolute atomic E-state index is 11.2. The van der Waals surface area contributed by atoms with E-state index in [-0.39, 0.29) is 11.9 Å². The minimum Gasteiger partial charge on any atom is -0.482 e. The third kappa shape index (κ3) is 1.65. The lowest BCUT2D eigenvalue weighted by Gasteiger charge is -2.24. The Balaban J connectivity index is 2.27. The van der Waals surface area contributed by atoms with Gasteiger partial charge in [0, 0.05) is 0 Å². The molecule has 0 fully saturated rings. The van der Waals surface area contributed by atoms with Crippen LogP contribution in [0.4, 0.5) is 0 Å². The molecule has 0 bridgehead atoms. The van der Waals surface area contributed by atoms with Gasteiger partial charge in [-0.1, -0.05) is 17.7 Å². The molecule has 1 aromatic rings. The summed E-state index contributed by atoms with van der Waals surface area (Å²) in [6.07, 6.45) is 1.53. The number of carbonyl (C=O) groups is 1. The van der Waals surface area contributed by atoms with E-state index in [9.17, 15) is 4.79 Å². The van der Waals surface area contributed by atoms with Crippen molar-refractivity contribution in [2.24, 2.45) is 0 Å². The van der Waals surface area contributed by atoms with Gasteiger partial charge in [0.25, 0.3) is 0 Å². The molecule has 1 aromatic carbocycles. The van der Waals surface area contributed by atoms with Gasteiger partial charge in [-0.2, -0.15) is 0 Å². The third-order valence-corrected chi connectivity index (χ3v) is 2.61. The highest BCUT2D eigenvalue weighted by atomic mass is 16.5. The van der Waals surface area contributed by atoms with E-state index in [1.54, 1.807) is 6.92 Å². The van der Waals surface area contributed by atoms with E-state index >= 15 is 0 Å². The normalized spacial score (nSPS) is 19.7. The summed E-state index contributed by atoms with van der Waals surface area (Å²) in [6.45, 7) is 3.65. The summed E-state index contributed by atoms with van der Waals surface area (Å²) < 4.78 is 5.60. The number of benzene rings is 1. The first-order chi connectivity index (χ1) is 6.66. The minimum absolute atomic E-state index is 0.122. The Bertz CT molecular complexity index is 369. The molecule has 1 heterocycles. The average Bonchev–Trinajstić information content (AvgIpc) is 2.16. The summed E-state index contributed by atoms with van der Waals surface area (Å²) in [5, 5.41) is 0. The summed E-state index contributed by atoms with van der Waals surface area (Å²) in [6, 6.07) is 6.10. The Morgan fingerprint density at radius 2 is 2.29 bits per heavy atom. The molecular formula is C12H14O2. The molecule has 0 radical (unpaired) electrons. The standard InChI is InChI=1S/C12H14O2/c1-8-3-5-12-10(7-8)4-6-11(14-12)9(2)13/h3,5,7,11H,4,6H2,1-2H3. The molecule has 74 valence electrons. The van der Waals surface area contributed by atoms with Crippen molar-refractivity contribution in [2.75, 3.05) is 0 Å². The van der Waals surface area contributed by atoms with Crippen LogP contribution >= 0.6 is 0 Å². The zero-order valence-electron chi connectivity index (χ0n) is 8.54. The molecular weight excluding hydrogens is 176 g/mol. The lowest BCUT2D eigenvalue weighted by Crippen LogP contribution is -2.29. The fourth-order valence-corrected chi connectivity index (χ4v) is 1.80. The van der Waals surface area contributed by atoms with Crippen LogP contribution in [0, 0.1) is 6.92 Å². The van der Waals surface area contributed by atoms with Crippen molar-refractivity contribution in [2.45, 2.75) is 32.8 Å². The van der Waals surface area contributed by atoms with Gasteiger partial charge in [-0.05, 0) is 38.3 Å². The van der Waals surface area contributed by atoms with E-state index in [1.807, 2.05) is 12.1 Å². The van der Waals surface area contributed by atoms with Gasteiger partial charge in [-0.3, -0.25) is 4.79 Å². The quantitative estimate of drug-likeness (QED) is 0.679. The number of Topliss-reactive ketones (excluding diaryl/α,β-unsaturated/α-hetero) is 1. The summed E-state index contributed by atoms with van der Waals surface area (Å²) in [5.74, 6) is 0.998. The van der Waals surface area contributed by atoms with Crippen molar-refractivity contribution in [1.82, 2.24) is 0 Å². The van der Waals surface area contributed by atoms with Gasteiger partial charge in [0.1, 0.15) is 5.75 Å². The van der Waals surface area contributed by atoms with Crippen LogP contribution in [-0.4, -0.2) is 11.9 Å². The van der Waals surface area contributed by atoms with Gasteiger partial charge in [0.05, 0.1) is 0 Å². The van der Waals surface area contributed by atoms with Crippen molar-refractivity contribution in [1.29, 1.82) is 0 Å². The van der Waals surface area contributed by atoms with E-state index in [0.29, 0.717) is 0 Å². The lowest BCUT2D eigenvalue weighted by atomic mass is 9.99. The number of fused-ring (bicyclic) bond motifs is 1. The molecule has 0 saturated carbocycles. The second kappa shape index (κ2) is 3.45. The molecule has 0 saturated heterocycles. The Labute approximate surface area is 83.9 Å². The maximum atomic E-state index is 11.2. The number of hydrogen-bond acceptors (Lipinski definition) is 2. The fraction of sp³-hybridized carbons (Fsp3) is 0.417. The van der Waals surface area contributed by atoms with Crippen LogP contribution in [0.15, 0.2) is 18.2 Å². The Morgan fingerprint density at radius 1 is 1.50 bits per heavy atom. The molecule has 1 aliphatic rings. The molecule has 2 nitrogen and oxygen atoms in total. The number of aryl methyl sites for hydroxylation is 2. The number of carbonyl (C=O) groups excluding carboxylic acids is 1. The third-order valence-electron chi connectivity index (χ3n) is 2.61. The van der Waals surface area contributed by atoms with Crippen LogP contribution in [-0.2, 0) is 11.2 Å². The number of rotatable bonds is 1. The van der Waals surface area contributed by atoms with Crippen LogP contribution in [0.25, 0.3) is 0 Å². The summed E-state index contributed by atoms with van der Waals surface area (Å²) in [4.78, 5) is 11.2. The van der Waals surface area contributed by atoms with Crippen molar-refractivity contribution < 1.29 is 9.53 Å². The van der Waals surface area contributed by atoms with Crippen LogP contribution in [0.1, 0.15) is 24.5 Å². The monoisotopic (exact) mass is 190 g/mol. The molecule has 1 unspecified atom stereocenters. The van der Waals surface area contributed by atoms with Crippen molar-refractivity contribution in [3.63, 3.8) is 0 Å². The second-order valence-electron chi connectivity index (χ2n) is 3.87. The van der Waals surface area contributed by atoms with Crippen LogP contribution < -0.4 is 4.74 Å². The molecule has 2 rings (SSSR count). The first kappa shape index (κ1) is 9.25. The van der Waals surface area contributed by atoms with E-state index < -0.39 is 0 Å². The zero-order chi connectivity index (χ0) is 10.1. The summed E-state index contributed by atoms with van der Waals surface area (Å²) >= 11 is 0. The number of ether oxygens (including phenoxy) is 1. The van der Waals surface area contributed by atoms with E-state index in [2.05, 4.69) is 13.0 Å². The first-order valence-corrected chi connectivity index (χ1v) is 4.93. The molecule has 1 aliphatic heterocycles. The topological polar surface area (TPSA) is 26.3 Å². The molecule has 0 N–H and O–H groups in total. The molecule has 0 spiro atoms. The maximum Gasteiger partial charge on any atom is 0.170 e. The molecule has 2 heteroatoms. The van der Waals surface area contributed by atoms with Gasteiger partial charge in [-0.15, -0.1) is 0 Å². The Hall–Kier alpha value is -1.31. The van der Waals surface area contributed by atoms with E-state index in [1.165, 1.54) is 11.1 Å². The van der Waals surface area contributed by atoms with Gasteiger partial charge in [-0.25, -0.2) is 0 Å². The molecule has 0 aliphatic carbocycles. The molecule has 0 aromatic heterocycles. The average molecular weight is 190 g/mol.